The Morgan fingerprint density at radius 1 is 1.06 bits per heavy atom. The molecule has 194 valence electrons. The van der Waals surface area contributed by atoms with Crippen LogP contribution in [0.4, 0.5) is 13.2 Å². The number of halogens is 3. The molecule has 0 fully saturated rings. The number of carbonyl (C=O) groups is 1. The van der Waals surface area contributed by atoms with Crippen molar-refractivity contribution in [3.63, 3.8) is 0 Å². The number of hydrogen-bond acceptors (Lipinski definition) is 7. The fraction of sp³-hybridized carbons (Fsp3) is 0.333. The maximum atomic E-state index is 13.3. The third-order valence-corrected chi connectivity index (χ3v) is 6.48. The summed E-state index contributed by atoms with van der Waals surface area (Å²) in [6.07, 6.45) is -3.66. The normalized spacial score (nSPS) is 12.2. The van der Waals surface area contributed by atoms with E-state index in [0.717, 1.165) is 17.0 Å². The molecule has 3 aromatic rings. The van der Waals surface area contributed by atoms with Crippen LogP contribution in [0.5, 0.6) is 0 Å². The number of rotatable bonds is 9. The molecule has 0 radical (unpaired) electrons. The smallest absolute Gasteiger partial charge is 0.435 e. The molecule has 0 saturated heterocycles. The van der Waals surface area contributed by atoms with Crippen LogP contribution in [0, 0.1) is 0 Å². The Morgan fingerprint density at radius 3 is 2.22 bits per heavy atom. The summed E-state index contributed by atoms with van der Waals surface area (Å²) in [5, 5.41) is 13.0. The molecule has 0 aliphatic rings. The van der Waals surface area contributed by atoms with E-state index in [1.165, 1.54) is 12.1 Å². The molecule has 0 spiro atoms. The van der Waals surface area contributed by atoms with Gasteiger partial charge in [-0.25, -0.2) is 8.42 Å². The molecule has 0 aliphatic heterocycles. The fourth-order valence-corrected chi connectivity index (χ4v) is 4.41. The average molecular weight is 526 g/mol. The highest BCUT2D eigenvalue weighted by molar-refractivity contribution is 7.90. The number of sulfone groups is 1. The number of nitrogens with zero attached hydrogens (tertiary/aromatic N) is 3. The molecule has 1 aromatic heterocycles. The molecule has 1 heterocycles. The van der Waals surface area contributed by atoms with Gasteiger partial charge in [-0.15, -0.1) is 0 Å². The Hall–Kier alpha value is -3.22. The number of likely N-dealkylation sites (N-methyl/N-ethyl adjacent to an activating group) is 1. The lowest BCUT2D eigenvalue weighted by Gasteiger charge is -2.12. The van der Waals surface area contributed by atoms with Gasteiger partial charge >= 0.3 is 12.1 Å². The number of carbonyl (C=O) groups excluding carboxylic acids is 1. The molecule has 1 N–H and O–H groups in total. The van der Waals surface area contributed by atoms with Crippen LogP contribution in [-0.4, -0.2) is 67.7 Å². The minimum absolute atomic E-state index is 0.00717. The SMILES string of the molecule is CN(C)CCOC(=O)Cn1nc(C(F)(F)F)cc1-c1ccc(-c2ccc(CO)c(S(C)(=O)=O)c2)cc1. The first kappa shape index (κ1) is 27.4. The highest BCUT2D eigenvalue weighted by atomic mass is 32.2. The molecule has 0 saturated carbocycles. The second-order valence-corrected chi connectivity index (χ2v) is 10.4. The standard InChI is InChI=1S/C24H26F3N3O5S/c1-29(2)10-11-35-23(32)14-30-20(13-22(28-30)24(25,26)27)17-6-4-16(5-7-17)18-8-9-19(15-31)21(12-18)36(3,33)34/h4-9,12-13,31H,10-11,14-15H2,1-3H3. The summed E-state index contributed by atoms with van der Waals surface area (Å²) < 4.78 is 70.2. The van der Waals surface area contributed by atoms with Gasteiger partial charge in [0, 0.05) is 12.8 Å². The number of hydrogen-bond donors (Lipinski definition) is 1. The number of benzene rings is 2. The summed E-state index contributed by atoms with van der Waals surface area (Å²) in [5.41, 5.74) is 0.731. The molecular weight excluding hydrogens is 499 g/mol. The van der Waals surface area contributed by atoms with E-state index in [9.17, 15) is 31.5 Å². The van der Waals surface area contributed by atoms with Crippen LogP contribution in [0.3, 0.4) is 0 Å². The Kier molecular flexibility index (Phi) is 8.22. The van der Waals surface area contributed by atoms with Gasteiger partial charge in [0.05, 0.1) is 17.2 Å². The Labute approximate surface area is 206 Å². The molecule has 0 amide bonds. The van der Waals surface area contributed by atoms with E-state index in [1.54, 1.807) is 49.3 Å². The van der Waals surface area contributed by atoms with Crippen LogP contribution < -0.4 is 0 Å². The maximum absolute atomic E-state index is 13.3. The van der Waals surface area contributed by atoms with Crippen molar-refractivity contribution in [2.45, 2.75) is 24.2 Å². The quantitative estimate of drug-likeness (QED) is 0.428. The van der Waals surface area contributed by atoms with Gasteiger partial charge in [-0.1, -0.05) is 36.4 Å². The molecule has 12 heteroatoms. The van der Waals surface area contributed by atoms with Gasteiger partial charge < -0.3 is 14.7 Å². The van der Waals surface area contributed by atoms with E-state index in [1.807, 2.05) is 0 Å². The summed E-state index contributed by atoms with van der Waals surface area (Å²) in [7, 11) is -0.00520. The van der Waals surface area contributed by atoms with Crippen molar-refractivity contribution in [2.24, 2.45) is 0 Å². The monoisotopic (exact) mass is 525 g/mol. The van der Waals surface area contributed by atoms with Gasteiger partial charge in [-0.2, -0.15) is 18.3 Å². The lowest BCUT2D eigenvalue weighted by molar-refractivity contribution is -0.146. The highest BCUT2D eigenvalue weighted by Gasteiger charge is 2.35. The molecule has 0 atom stereocenters. The van der Waals surface area contributed by atoms with E-state index >= 15 is 0 Å². The van der Waals surface area contributed by atoms with Gasteiger partial charge in [0.15, 0.2) is 15.5 Å². The molecule has 0 bridgehead atoms. The van der Waals surface area contributed by atoms with Crippen LogP contribution in [0.2, 0.25) is 0 Å². The van der Waals surface area contributed by atoms with Crippen molar-refractivity contribution in [3.8, 4) is 22.4 Å². The van der Waals surface area contributed by atoms with Crippen LogP contribution in [0.25, 0.3) is 22.4 Å². The van der Waals surface area contributed by atoms with Crippen LogP contribution in [0.15, 0.2) is 53.4 Å². The fourth-order valence-electron chi connectivity index (χ4n) is 3.46. The lowest BCUT2D eigenvalue weighted by atomic mass is 10.0. The van der Waals surface area contributed by atoms with Crippen molar-refractivity contribution in [1.82, 2.24) is 14.7 Å². The lowest BCUT2D eigenvalue weighted by Crippen LogP contribution is -2.22. The molecule has 8 nitrogen and oxygen atoms in total. The summed E-state index contributed by atoms with van der Waals surface area (Å²) in [4.78, 5) is 14.0. The summed E-state index contributed by atoms with van der Waals surface area (Å²) in [6.45, 7) is -0.382. The van der Waals surface area contributed by atoms with Crippen molar-refractivity contribution in [2.75, 3.05) is 33.5 Å². The number of aliphatic hydroxyl groups is 1. The first-order valence-corrected chi connectivity index (χ1v) is 12.7. The number of aromatic nitrogens is 2. The largest absolute Gasteiger partial charge is 0.463 e. The highest BCUT2D eigenvalue weighted by Crippen LogP contribution is 2.33. The predicted octanol–water partition coefficient (Wildman–Crippen LogP) is 3.24. The zero-order chi connectivity index (χ0) is 26.7. The van der Waals surface area contributed by atoms with Crippen LogP contribution >= 0.6 is 0 Å². The zero-order valence-electron chi connectivity index (χ0n) is 19.9. The average Bonchev–Trinajstić information content (AvgIpc) is 3.22. The van der Waals surface area contributed by atoms with Crippen molar-refractivity contribution in [3.05, 3.63) is 59.8 Å². The number of esters is 1. The number of ether oxygens (including phenoxy) is 1. The van der Waals surface area contributed by atoms with Gasteiger partial charge in [0.1, 0.15) is 13.2 Å². The van der Waals surface area contributed by atoms with Gasteiger partial charge in [-0.3, -0.25) is 9.48 Å². The Balaban J connectivity index is 1.93. The second-order valence-electron chi connectivity index (χ2n) is 8.42. The van der Waals surface area contributed by atoms with E-state index in [2.05, 4.69) is 5.10 Å². The molecule has 0 aliphatic carbocycles. The molecule has 0 unspecified atom stereocenters. The van der Waals surface area contributed by atoms with E-state index in [4.69, 9.17) is 4.74 Å². The summed E-state index contributed by atoms with van der Waals surface area (Å²) in [5.74, 6) is -0.719. The molecular formula is C24H26F3N3O5S. The van der Waals surface area contributed by atoms with Crippen molar-refractivity contribution >= 4 is 15.8 Å². The van der Waals surface area contributed by atoms with Crippen molar-refractivity contribution < 1.29 is 36.2 Å². The maximum Gasteiger partial charge on any atom is 0.435 e. The predicted molar refractivity (Wildman–Crippen MR) is 127 cm³/mol. The summed E-state index contributed by atoms with van der Waals surface area (Å²) >= 11 is 0. The topological polar surface area (TPSA) is 102 Å². The Bertz CT molecular complexity index is 1330. The second kappa shape index (κ2) is 10.8. The molecule has 2 aromatic carbocycles. The number of alkyl halides is 3. The molecule has 36 heavy (non-hydrogen) atoms. The van der Waals surface area contributed by atoms with Gasteiger partial charge in [0.2, 0.25) is 0 Å². The third kappa shape index (κ3) is 6.71. The third-order valence-electron chi connectivity index (χ3n) is 5.30. The van der Waals surface area contributed by atoms with E-state index in [0.29, 0.717) is 23.2 Å². The first-order valence-electron chi connectivity index (χ1n) is 10.8. The van der Waals surface area contributed by atoms with Crippen molar-refractivity contribution in [1.29, 1.82) is 0 Å². The van der Waals surface area contributed by atoms with E-state index < -0.39 is 40.8 Å². The minimum atomic E-state index is -4.70. The zero-order valence-corrected chi connectivity index (χ0v) is 20.7. The first-order chi connectivity index (χ1) is 16.8. The molecule has 3 rings (SSSR count). The summed E-state index contributed by atoms with van der Waals surface area (Å²) in [6, 6.07) is 11.8. The van der Waals surface area contributed by atoms with Gasteiger partial charge in [-0.05, 0) is 48.5 Å². The van der Waals surface area contributed by atoms with Gasteiger partial charge in [0.25, 0.3) is 0 Å². The number of aliphatic hydroxyl groups excluding tert-OH is 1. The Morgan fingerprint density at radius 2 is 1.67 bits per heavy atom. The minimum Gasteiger partial charge on any atom is -0.463 e. The van der Waals surface area contributed by atoms with E-state index in [-0.39, 0.29) is 22.8 Å². The van der Waals surface area contributed by atoms with Crippen LogP contribution in [0.1, 0.15) is 11.3 Å². The van der Waals surface area contributed by atoms with Crippen LogP contribution in [-0.2, 0) is 38.7 Å².